The zero-order chi connectivity index (χ0) is 30.1. The van der Waals surface area contributed by atoms with Crippen LogP contribution in [0.4, 0.5) is 19.0 Å². The highest BCUT2D eigenvalue weighted by molar-refractivity contribution is 7.99. The van der Waals surface area contributed by atoms with Gasteiger partial charge in [-0.05, 0) is 81.8 Å². The zero-order valence-electron chi connectivity index (χ0n) is 23.6. The van der Waals surface area contributed by atoms with E-state index in [2.05, 4.69) is 35.5 Å². The number of alkyl halides is 3. The fourth-order valence-corrected chi connectivity index (χ4v) is 6.48. The first kappa shape index (κ1) is 30.4. The number of nitrogens with zero attached hydrogens (tertiary/aromatic N) is 4. The number of aromatic nitrogens is 3. The van der Waals surface area contributed by atoms with Crippen LogP contribution in [0.25, 0.3) is 5.82 Å². The molecule has 3 heterocycles. The zero-order valence-corrected chi connectivity index (χ0v) is 25.3. The molecule has 226 valence electrons. The van der Waals surface area contributed by atoms with E-state index in [1.807, 2.05) is 11.8 Å². The summed E-state index contributed by atoms with van der Waals surface area (Å²) in [6, 6.07) is 11.4. The third-order valence-electron chi connectivity index (χ3n) is 7.80. The summed E-state index contributed by atoms with van der Waals surface area (Å²) in [7, 11) is 0. The molecule has 13 heteroatoms. The first-order valence-electron chi connectivity index (χ1n) is 13.8. The van der Waals surface area contributed by atoms with Crippen LogP contribution >= 0.6 is 23.7 Å². The summed E-state index contributed by atoms with van der Waals surface area (Å²) in [6.07, 6.45) is -0.705. The minimum absolute atomic E-state index is 0.0536. The maximum absolute atomic E-state index is 13.5. The standard InChI is InChI=1S/C29H34F3N5O3S2/c1-19-9-11-27(2,3)36(15-16-41-19)25-22(26(39)35-42-21-6-4-5-20(38)17-21)7-8-23(33-25)37-14-10-24(34-37)40-18-28(12-13-28)29(30,31)32/h4-8,10,14,17,19,38H,9,11-13,15-16,18H2,1-3H3,(H,35,39). The number of carbonyl (C=O) groups is 1. The molecule has 1 saturated carbocycles. The number of hydrogen-bond acceptors (Lipinski definition) is 8. The van der Waals surface area contributed by atoms with Crippen LogP contribution in [0.1, 0.15) is 56.8 Å². The van der Waals surface area contributed by atoms with Crippen LogP contribution in [0.5, 0.6) is 11.6 Å². The molecule has 1 aliphatic carbocycles. The first-order valence-corrected chi connectivity index (χ1v) is 15.7. The molecule has 5 rings (SSSR count). The topological polar surface area (TPSA) is 92.5 Å². The molecule has 1 unspecified atom stereocenters. The number of ether oxygens (including phenoxy) is 1. The Labute approximate surface area is 251 Å². The van der Waals surface area contributed by atoms with Crippen LogP contribution in [0, 0.1) is 5.41 Å². The summed E-state index contributed by atoms with van der Waals surface area (Å²) in [5.74, 6) is 1.60. The number of carbonyl (C=O) groups excluding carboxylic acids is 1. The number of aromatic hydroxyl groups is 1. The second-order valence-electron chi connectivity index (χ2n) is 11.4. The van der Waals surface area contributed by atoms with Gasteiger partial charge in [0.05, 0.1) is 5.56 Å². The maximum Gasteiger partial charge on any atom is 0.397 e. The van der Waals surface area contributed by atoms with Crippen LogP contribution < -0.4 is 14.4 Å². The van der Waals surface area contributed by atoms with Crippen LogP contribution in [0.15, 0.2) is 53.6 Å². The molecule has 2 fully saturated rings. The molecule has 8 nitrogen and oxygen atoms in total. The lowest BCUT2D eigenvalue weighted by Crippen LogP contribution is -2.48. The molecule has 0 spiro atoms. The highest BCUT2D eigenvalue weighted by atomic mass is 32.2. The SMILES string of the molecule is CC1CCC(C)(C)N(c2nc(-n3ccc(OCC4(C(F)(F)F)CC4)n3)ccc2C(=O)NSc2cccc(O)c2)CCS1. The minimum Gasteiger partial charge on any atom is -0.508 e. The number of halogens is 3. The van der Waals surface area contributed by atoms with Crippen molar-refractivity contribution in [3.8, 4) is 17.4 Å². The molecule has 1 amide bonds. The molecular weight excluding hydrogens is 587 g/mol. The number of benzene rings is 1. The second-order valence-corrected chi connectivity index (χ2v) is 13.8. The van der Waals surface area contributed by atoms with Gasteiger partial charge in [-0.3, -0.25) is 9.52 Å². The predicted molar refractivity (Wildman–Crippen MR) is 159 cm³/mol. The van der Waals surface area contributed by atoms with Crippen molar-refractivity contribution in [2.45, 2.75) is 68.3 Å². The molecule has 2 aliphatic rings. The average Bonchev–Trinajstić information content (AvgIpc) is 3.61. The molecule has 3 aromatic rings. The Morgan fingerprint density at radius 2 is 2.00 bits per heavy atom. The van der Waals surface area contributed by atoms with Crippen molar-refractivity contribution in [1.82, 2.24) is 19.5 Å². The Hall–Kier alpha value is -3.06. The Kier molecular flexibility index (Phi) is 8.62. The lowest BCUT2D eigenvalue weighted by molar-refractivity contribution is -0.194. The third-order valence-corrected chi connectivity index (χ3v) is 9.80. The van der Waals surface area contributed by atoms with Crippen LogP contribution in [0.3, 0.4) is 0 Å². The van der Waals surface area contributed by atoms with E-state index in [1.165, 1.54) is 10.7 Å². The van der Waals surface area contributed by atoms with Gasteiger partial charge in [-0.15, -0.1) is 5.10 Å². The highest BCUT2D eigenvalue weighted by Gasteiger charge is 2.64. The smallest absolute Gasteiger partial charge is 0.397 e. The number of phenolic OH excluding ortho intramolecular Hbond substituents is 1. The monoisotopic (exact) mass is 621 g/mol. The number of rotatable bonds is 8. The van der Waals surface area contributed by atoms with Crippen LogP contribution in [-0.2, 0) is 0 Å². The van der Waals surface area contributed by atoms with Crippen molar-refractivity contribution >= 4 is 35.4 Å². The number of anilines is 1. The Morgan fingerprint density at radius 3 is 2.71 bits per heavy atom. The molecular formula is C29H34F3N5O3S2. The molecule has 0 bridgehead atoms. The maximum atomic E-state index is 13.5. The Morgan fingerprint density at radius 1 is 1.21 bits per heavy atom. The molecule has 1 aromatic carbocycles. The van der Waals surface area contributed by atoms with Crippen molar-refractivity contribution in [2.24, 2.45) is 5.41 Å². The first-order chi connectivity index (χ1) is 19.9. The van der Waals surface area contributed by atoms with Gasteiger partial charge in [0.2, 0.25) is 5.88 Å². The molecule has 1 saturated heterocycles. The number of hydrogen-bond donors (Lipinski definition) is 2. The Balaban J connectivity index is 1.42. The number of phenols is 1. The quantitative estimate of drug-likeness (QED) is 0.271. The predicted octanol–water partition coefficient (Wildman–Crippen LogP) is 6.63. The second kappa shape index (κ2) is 11.9. The van der Waals surface area contributed by atoms with Crippen molar-refractivity contribution in [2.75, 3.05) is 23.8 Å². The fourth-order valence-electron chi connectivity index (χ4n) is 4.86. The lowest BCUT2D eigenvalue weighted by atomic mass is 9.94. The van der Waals surface area contributed by atoms with E-state index in [9.17, 15) is 23.1 Å². The molecule has 1 aliphatic heterocycles. The van der Waals surface area contributed by atoms with Crippen molar-refractivity contribution in [3.63, 3.8) is 0 Å². The number of amides is 1. The third kappa shape index (κ3) is 6.77. The van der Waals surface area contributed by atoms with Gasteiger partial charge in [0, 0.05) is 40.2 Å². The van der Waals surface area contributed by atoms with E-state index in [0.29, 0.717) is 33.9 Å². The molecule has 0 radical (unpaired) electrons. The van der Waals surface area contributed by atoms with E-state index in [-0.39, 0.29) is 35.9 Å². The molecule has 2 N–H and O–H groups in total. The van der Waals surface area contributed by atoms with Crippen LogP contribution in [-0.4, -0.2) is 61.6 Å². The van der Waals surface area contributed by atoms with Crippen molar-refractivity contribution < 1.29 is 27.8 Å². The summed E-state index contributed by atoms with van der Waals surface area (Å²) in [5.41, 5.74) is -1.72. The largest absolute Gasteiger partial charge is 0.508 e. The van der Waals surface area contributed by atoms with Gasteiger partial charge >= 0.3 is 6.18 Å². The summed E-state index contributed by atoms with van der Waals surface area (Å²) in [6.45, 7) is 6.71. The summed E-state index contributed by atoms with van der Waals surface area (Å²) in [4.78, 5) is 21.2. The fraction of sp³-hybridized carbons (Fsp3) is 0.483. The van der Waals surface area contributed by atoms with Crippen molar-refractivity contribution in [1.29, 1.82) is 0 Å². The van der Waals surface area contributed by atoms with Gasteiger partial charge in [0.15, 0.2) is 5.82 Å². The van der Waals surface area contributed by atoms with Gasteiger partial charge in [-0.1, -0.05) is 13.0 Å². The van der Waals surface area contributed by atoms with E-state index in [1.54, 1.807) is 42.6 Å². The lowest BCUT2D eigenvalue weighted by Gasteiger charge is -2.42. The molecule has 1 atom stereocenters. The average molecular weight is 622 g/mol. The Bertz CT molecular complexity index is 1430. The van der Waals surface area contributed by atoms with Gasteiger partial charge in [0.25, 0.3) is 5.91 Å². The van der Waals surface area contributed by atoms with E-state index < -0.39 is 18.2 Å². The van der Waals surface area contributed by atoms with Gasteiger partial charge in [-0.2, -0.15) is 24.9 Å². The molecule has 2 aromatic heterocycles. The van der Waals surface area contributed by atoms with E-state index in [4.69, 9.17) is 9.72 Å². The normalized spacial score (nSPS) is 20.0. The van der Waals surface area contributed by atoms with E-state index >= 15 is 0 Å². The number of pyridine rings is 1. The van der Waals surface area contributed by atoms with Crippen LogP contribution in [0.2, 0.25) is 0 Å². The summed E-state index contributed by atoms with van der Waals surface area (Å²) in [5, 5.41) is 14.6. The highest BCUT2D eigenvalue weighted by Crippen LogP contribution is 2.57. The van der Waals surface area contributed by atoms with Gasteiger partial charge in [0.1, 0.15) is 23.6 Å². The summed E-state index contributed by atoms with van der Waals surface area (Å²) < 4.78 is 49.8. The van der Waals surface area contributed by atoms with E-state index in [0.717, 1.165) is 30.5 Å². The van der Waals surface area contributed by atoms with Gasteiger partial charge < -0.3 is 14.7 Å². The number of nitrogens with one attached hydrogen (secondary N) is 1. The minimum atomic E-state index is -4.31. The molecule has 42 heavy (non-hydrogen) atoms. The van der Waals surface area contributed by atoms with Gasteiger partial charge in [-0.25, -0.2) is 9.67 Å². The summed E-state index contributed by atoms with van der Waals surface area (Å²) >= 11 is 2.98. The number of thioether (sulfide) groups is 1. The van der Waals surface area contributed by atoms with Crippen molar-refractivity contribution in [3.05, 3.63) is 54.2 Å².